The number of hydrogen-bond acceptors (Lipinski definition) is 3. The summed E-state index contributed by atoms with van der Waals surface area (Å²) in [5.41, 5.74) is 7.01. The molecule has 2 aromatic rings. The maximum absolute atomic E-state index is 13.9. The summed E-state index contributed by atoms with van der Waals surface area (Å²) < 4.78 is 13.9. The number of hydrogen-bond donors (Lipinski definition) is 2. The van der Waals surface area contributed by atoms with Crippen LogP contribution in [0.4, 0.5) is 10.1 Å². The largest absolute Gasteiger partial charge is 0.477 e. The van der Waals surface area contributed by atoms with E-state index >= 15 is 0 Å². The van der Waals surface area contributed by atoms with Crippen molar-refractivity contribution in [3.05, 3.63) is 39.5 Å². The van der Waals surface area contributed by atoms with Gasteiger partial charge in [-0.3, -0.25) is 0 Å². The highest BCUT2D eigenvalue weighted by Crippen LogP contribution is 2.40. The molecule has 1 heterocycles. The number of carboxylic acid groups (broad SMARTS) is 1. The van der Waals surface area contributed by atoms with Crippen molar-refractivity contribution in [2.45, 2.75) is 13.3 Å². The molecule has 0 fully saturated rings. The predicted molar refractivity (Wildman–Crippen MR) is 75.5 cm³/mol. The number of halogens is 2. The standard InChI is InChI=1S/C13H11ClFNO2S/c1-2-7-10(16)12(13(17)18)19-11(7)8-4-3-6(14)5-9(8)15/h3-5H,2,16H2,1H3,(H,17,18). The quantitative estimate of drug-likeness (QED) is 0.898. The van der Waals surface area contributed by atoms with Gasteiger partial charge in [0.1, 0.15) is 10.7 Å². The van der Waals surface area contributed by atoms with E-state index in [2.05, 4.69) is 0 Å². The van der Waals surface area contributed by atoms with Crippen molar-refractivity contribution >= 4 is 34.6 Å². The van der Waals surface area contributed by atoms with Crippen LogP contribution in [0.3, 0.4) is 0 Å². The molecule has 0 saturated carbocycles. The Labute approximate surface area is 118 Å². The zero-order valence-corrected chi connectivity index (χ0v) is 11.6. The van der Waals surface area contributed by atoms with Gasteiger partial charge in [0, 0.05) is 15.5 Å². The van der Waals surface area contributed by atoms with Crippen LogP contribution in [0.25, 0.3) is 10.4 Å². The van der Waals surface area contributed by atoms with E-state index in [1.807, 2.05) is 6.92 Å². The Morgan fingerprint density at radius 1 is 1.53 bits per heavy atom. The molecule has 3 nitrogen and oxygen atoms in total. The van der Waals surface area contributed by atoms with Gasteiger partial charge in [-0.15, -0.1) is 11.3 Å². The average molecular weight is 300 g/mol. The Hall–Kier alpha value is -1.59. The molecule has 0 amide bonds. The molecule has 100 valence electrons. The number of carbonyl (C=O) groups is 1. The first kappa shape index (κ1) is 13.8. The van der Waals surface area contributed by atoms with Crippen LogP contribution in [0.2, 0.25) is 5.02 Å². The number of nitrogen functional groups attached to an aromatic ring is 1. The van der Waals surface area contributed by atoms with Crippen molar-refractivity contribution in [1.82, 2.24) is 0 Å². The molecule has 3 N–H and O–H groups in total. The highest BCUT2D eigenvalue weighted by atomic mass is 35.5. The molecule has 0 spiro atoms. The second kappa shape index (κ2) is 5.19. The monoisotopic (exact) mass is 299 g/mol. The summed E-state index contributed by atoms with van der Waals surface area (Å²) in [4.78, 5) is 11.7. The van der Waals surface area contributed by atoms with Crippen LogP contribution in [0.1, 0.15) is 22.2 Å². The topological polar surface area (TPSA) is 63.3 Å². The van der Waals surface area contributed by atoms with E-state index in [0.29, 0.717) is 27.4 Å². The summed E-state index contributed by atoms with van der Waals surface area (Å²) >= 11 is 6.69. The fraction of sp³-hybridized carbons (Fsp3) is 0.154. The summed E-state index contributed by atoms with van der Waals surface area (Å²) in [7, 11) is 0. The predicted octanol–water partition coefficient (Wildman–Crippen LogP) is 4.05. The Balaban J connectivity index is 2.68. The van der Waals surface area contributed by atoms with Crippen molar-refractivity contribution < 1.29 is 14.3 Å². The Bertz CT molecular complexity index is 654. The molecule has 1 aromatic carbocycles. The lowest BCUT2D eigenvalue weighted by Gasteiger charge is -2.04. The minimum atomic E-state index is -1.10. The molecule has 0 radical (unpaired) electrons. The summed E-state index contributed by atoms with van der Waals surface area (Å²) in [5.74, 6) is -1.58. The normalized spacial score (nSPS) is 10.7. The number of carboxylic acids is 1. The number of aromatic carboxylic acids is 1. The lowest BCUT2D eigenvalue weighted by molar-refractivity contribution is 0.0703. The average Bonchev–Trinajstić information content (AvgIpc) is 2.66. The van der Waals surface area contributed by atoms with Crippen LogP contribution in [-0.2, 0) is 6.42 Å². The van der Waals surface area contributed by atoms with Gasteiger partial charge < -0.3 is 10.8 Å². The summed E-state index contributed by atoms with van der Waals surface area (Å²) in [5, 5.41) is 9.37. The van der Waals surface area contributed by atoms with Crippen molar-refractivity contribution in [3.63, 3.8) is 0 Å². The Kier molecular flexibility index (Phi) is 3.78. The molecule has 0 bridgehead atoms. The summed E-state index contributed by atoms with van der Waals surface area (Å²) in [6.07, 6.45) is 0.535. The van der Waals surface area contributed by atoms with Gasteiger partial charge in [-0.2, -0.15) is 0 Å². The van der Waals surface area contributed by atoms with E-state index in [1.165, 1.54) is 12.1 Å². The summed E-state index contributed by atoms with van der Waals surface area (Å²) in [6.45, 7) is 1.85. The van der Waals surface area contributed by atoms with Gasteiger partial charge in [-0.05, 0) is 30.2 Å². The van der Waals surface area contributed by atoms with E-state index in [1.54, 1.807) is 6.07 Å². The maximum Gasteiger partial charge on any atom is 0.348 e. The minimum Gasteiger partial charge on any atom is -0.477 e. The SMILES string of the molecule is CCc1c(-c2ccc(Cl)cc2F)sc(C(=O)O)c1N. The molecule has 0 aliphatic heterocycles. The third kappa shape index (κ3) is 2.43. The first-order chi connectivity index (χ1) is 8.95. The third-order valence-corrected chi connectivity index (χ3v) is 4.28. The highest BCUT2D eigenvalue weighted by Gasteiger charge is 2.21. The molecular formula is C13H11ClFNO2S. The van der Waals surface area contributed by atoms with Crippen molar-refractivity contribution in [2.24, 2.45) is 0 Å². The van der Waals surface area contributed by atoms with E-state index in [9.17, 15) is 9.18 Å². The number of nitrogens with two attached hydrogens (primary N) is 1. The molecule has 0 saturated heterocycles. The van der Waals surface area contributed by atoms with Crippen LogP contribution < -0.4 is 5.73 Å². The van der Waals surface area contributed by atoms with Gasteiger partial charge in [-0.25, -0.2) is 9.18 Å². The van der Waals surface area contributed by atoms with Crippen LogP contribution in [0.15, 0.2) is 18.2 Å². The number of rotatable bonds is 3. The number of anilines is 1. The Morgan fingerprint density at radius 3 is 2.74 bits per heavy atom. The molecule has 19 heavy (non-hydrogen) atoms. The third-order valence-electron chi connectivity index (χ3n) is 2.77. The van der Waals surface area contributed by atoms with Gasteiger partial charge in [-0.1, -0.05) is 18.5 Å². The van der Waals surface area contributed by atoms with E-state index in [4.69, 9.17) is 22.4 Å². The summed E-state index contributed by atoms with van der Waals surface area (Å²) in [6, 6.07) is 4.30. The van der Waals surface area contributed by atoms with Crippen molar-refractivity contribution in [3.8, 4) is 10.4 Å². The molecule has 1 aromatic heterocycles. The zero-order valence-electron chi connectivity index (χ0n) is 10.0. The van der Waals surface area contributed by atoms with E-state index in [0.717, 1.165) is 11.3 Å². The lowest BCUT2D eigenvalue weighted by Crippen LogP contribution is -1.99. The number of thiophene rings is 1. The molecule has 0 aliphatic rings. The lowest BCUT2D eigenvalue weighted by atomic mass is 10.1. The molecule has 0 aliphatic carbocycles. The molecule has 6 heteroatoms. The van der Waals surface area contributed by atoms with Gasteiger partial charge in [0.05, 0.1) is 5.69 Å². The smallest absolute Gasteiger partial charge is 0.348 e. The van der Waals surface area contributed by atoms with Gasteiger partial charge >= 0.3 is 5.97 Å². The van der Waals surface area contributed by atoms with Crippen LogP contribution in [-0.4, -0.2) is 11.1 Å². The van der Waals surface area contributed by atoms with Gasteiger partial charge in [0.2, 0.25) is 0 Å². The molecule has 0 atom stereocenters. The fourth-order valence-corrected chi connectivity index (χ4v) is 3.22. The second-order valence-electron chi connectivity index (χ2n) is 3.94. The van der Waals surface area contributed by atoms with Gasteiger partial charge in [0.25, 0.3) is 0 Å². The van der Waals surface area contributed by atoms with Gasteiger partial charge in [0.15, 0.2) is 0 Å². The Morgan fingerprint density at radius 2 is 2.21 bits per heavy atom. The van der Waals surface area contributed by atoms with Crippen molar-refractivity contribution in [2.75, 3.05) is 5.73 Å². The molecule has 2 rings (SSSR count). The second-order valence-corrected chi connectivity index (χ2v) is 5.39. The molecular weight excluding hydrogens is 289 g/mol. The zero-order chi connectivity index (χ0) is 14.2. The first-order valence-electron chi connectivity index (χ1n) is 5.55. The van der Waals surface area contributed by atoms with E-state index in [-0.39, 0.29) is 10.6 Å². The highest BCUT2D eigenvalue weighted by molar-refractivity contribution is 7.18. The minimum absolute atomic E-state index is 0.0428. The van der Waals surface area contributed by atoms with Crippen molar-refractivity contribution in [1.29, 1.82) is 0 Å². The maximum atomic E-state index is 13.9. The van der Waals surface area contributed by atoms with Crippen LogP contribution in [0, 0.1) is 5.82 Å². The van der Waals surface area contributed by atoms with Crippen LogP contribution >= 0.6 is 22.9 Å². The van der Waals surface area contributed by atoms with Crippen LogP contribution in [0.5, 0.6) is 0 Å². The fourth-order valence-electron chi connectivity index (χ4n) is 1.88. The first-order valence-corrected chi connectivity index (χ1v) is 6.75. The molecule has 0 unspecified atom stereocenters. The number of benzene rings is 1. The van der Waals surface area contributed by atoms with E-state index < -0.39 is 11.8 Å².